The maximum Gasteiger partial charge on any atom is 0.241 e. The van der Waals surface area contributed by atoms with Crippen molar-refractivity contribution in [2.75, 3.05) is 12.0 Å². The lowest BCUT2D eigenvalue weighted by Crippen LogP contribution is -2.47. The summed E-state index contributed by atoms with van der Waals surface area (Å²) < 4.78 is 28.5. The molecule has 2 aromatic carbocycles. The van der Waals surface area contributed by atoms with Crippen LogP contribution in [-0.4, -0.2) is 32.4 Å². The van der Waals surface area contributed by atoms with Crippen molar-refractivity contribution in [1.29, 1.82) is 0 Å². The van der Waals surface area contributed by atoms with Crippen LogP contribution in [0.3, 0.4) is 0 Å². The summed E-state index contributed by atoms with van der Waals surface area (Å²) in [4.78, 5) is 13.1. The van der Waals surface area contributed by atoms with E-state index < -0.39 is 16.1 Å². The molecule has 0 aliphatic carbocycles. The Morgan fingerprint density at radius 1 is 1.17 bits per heavy atom. The van der Waals surface area contributed by atoms with Gasteiger partial charge in [0.25, 0.3) is 0 Å². The van der Waals surface area contributed by atoms with Crippen LogP contribution in [0.15, 0.2) is 47.4 Å². The molecular formula is C21H27ClN2O3S2. The number of amides is 1. The van der Waals surface area contributed by atoms with Crippen LogP contribution < -0.4 is 10.0 Å². The second kappa shape index (κ2) is 10.5. The minimum Gasteiger partial charge on any atom is -0.348 e. The molecule has 2 aromatic rings. The van der Waals surface area contributed by atoms with E-state index in [1.54, 1.807) is 43.0 Å². The van der Waals surface area contributed by atoms with Crippen molar-refractivity contribution < 1.29 is 13.2 Å². The van der Waals surface area contributed by atoms with Crippen molar-refractivity contribution >= 4 is 39.3 Å². The molecule has 0 aromatic heterocycles. The van der Waals surface area contributed by atoms with E-state index >= 15 is 0 Å². The highest BCUT2D eigenvalue weighted by atomic mass is 35.5. The average molecular weight is 455 g/mol. The predicted octanol–water partition coefficient (Wildman–Crippen LogP) is 4.23. The fourth-order valence-corrected chi connectivity index (χ4v) is 5.13. The van der Waals surface area contributed by atoms with Gasteiger partial charge in [0, 0.05) is 5.02 Å². The maximum absolute atomic E-state index is 13.0. The van der Waals surface area contributed by atoms with Crippen molar-refractivity contribution in [3.05, 3.63) is 64.2 Å². The van der Waals surface area contributed by atoms with Gasteiger partial charge in [0.1, 0.15) is 6.04 Å². The van der Waals surface area contributed by atoms with Gasteiger partial charge in [-0.3, -0.25) is 4.79 Å². The number of carbonyl (C=O) groups is 1. The maximum atomic E-state index is 13.0. The third kappa shape index (κ3) is 6.74. The Labute approximate surface area is 182 Å². The number of aryl methyl sites for hydroxylation is 2. The lowest BCUT2D eigenvalue weighted by Gasteiger charge is -2.22. The second-order valence-electron chi connectivity index (χ2n) is 7.01. The van der Waals surface area contributed by atoms with Gasteiger partial charge in [-0.05, 0) is 74.1 Å². The van der Waals surface area contributed by atoms with Gasteiger partial charge in [-0.15, -0.1) is 0 Å². The monoisotopic (exact) mass is 454 g/mol. The van der Waals surface area contributed by atoms with Crippen molar-refractivity contribution in [2.45, 2.75) is 44.2 Å². The van der Waals surface area contributed by atoms with E-state index in [2.05, 4.69) is 10.0 Å². The Kier molecular flexibility index (Phi) is 8.58. The molecule has 0 bridgehead atoms. The SMILES string of the molecule is CSCCC(NS(=O)(=O)c1cc(C)ccc1C)C(=O)NC(C)c1cccc(Cl)c1. The van der Waals surface area contributed by atoms with Crippen LogP contribution in [-0.2, 0) is 14.8 Å². The molecule has 158 valence electrons. The molecule has 8 heteroatoms. The summed E-state index contributed by atoms with van der Waals surface area (Å²) in [5.74, 6) is 0.291. The summed E-state index contributed by atoms with van der Waals surface area (Å²) >= 11 is 7.59. The molecule has 0 heterocycles. The van der Waals surface area contributed by atoms with Crippen molar-refractivity contribution in [3.63, 3.8) is 0 Å². The van der Waals surface area contributed by atoms with Gasteiger partial charge in [0.2, 0.25) is 15.9 Å². The highest BCUT2D eigenvalue weighted by Crippen LogP contribution is 2.20. The molecule has 0 saturated carbocycles. The standard InChI is InChI=1S/C21H27ClN2O3S2/c1-14-8-9-15(2)20(12-14)29(26,27)24-19(10-11-28-4)21(25)23-16(3)17-6-5-7-18(22)13-17/h5-9,12-13,16,19,24H,10-11H2,1-4H3,(H,23,25). The Hall–Kier alpha value is -1.54. The van der Waals surface area contributed by atoms with Crippen LogP contribution in [0.2, 0.25) is 5.02 Å². The fraction of sp³-hybridized carbons (Fsp3) is 0.381. The summed E-state index contributed by atoms with van der Waals surface area (Å²) in [6.45, 7) is 5.42. The third-order valence-corrected chi connectivity index (χ3v) is 7.06. The topological polar surface area (TPSA) is 75.3 Å². The van der Waals surface area contributed by atoms with Crippen LogP contribution in [0.1, 0.15) is 36.1 Å². The summed E-state index contributed by atoms with van der Waals surface area (Å²) in [6.07, 6.45) is 2.31. The third-order valence-electron chi connectivity index (χ3n) is 4.57. The van der Waals surface area contributed by atoms with Crippen LogP contribution in [0.5, 0.6) is 0 Å². The molecular weight excluding hydrogens is 428 g/mol. The van der Waals surface area contributed by atoms with Crippen LogP contribution in [0, 0.1) is 13.8 Å². The fourth-order valence-electron chi connectivity index (χ4n) is 2.90. The van der Waals surface area contributed by atoms with E-state index in [0.717, 1.165) is 11.1 Å². The lowest BCUT2D eigenvalue weighted by atomic mass is 10.1. The Bertz CT molecular complexity index is 964. The number of hydrogen-bond donors (Lipinski definition) is 2. The van der Waals surface area contributed by atoms with Gasteiger partial charge >= 0.3 is 0 Å². The number of hydrogen-bond acceptors (Lipinski definition) is 4. The number of sulfonamides is 1. The highest BCUT2D eigenvalue weighted by Gasteiger charge is 2.27. The predicted molar refractivity (Wildman–Crippen MR) is 121 cm³/mol. The number of halogens is 1. The van der Waals surface area contributed by atoms with E-state index in [-0.39, 0.29) is 16.8 Å². The molecule has 0 radical (unpaired) electrons. The molecule has 1 amide bonds. The minimum atomic E-state index is -3.84. The quantitative estimate of drug-likeness (QED) is 0.594. The molecule has 2 rings (SSSR count). The van der Waals surface area contributed by atoms with E-state index in [0.29, 0.717) is 22.8 Å². The number of benzene rings is 2. The number of nitrogens with one attached hydrogen (secondary N) is 2. The summed E-state index contributed by atoms with van der Waals surface area (Å²) in [5, 5.41) is 3.48. The molecule has 5 nitrogen and oxygen atoms in total. The normalized spacial score (nSPS) is 13.7. The smallest absolute Gasteiger partial charge is 0.241 e. The zero-order chi connectivity index (χ0) is 21.6. The molecule has 2 N–H and O–H groups in total. The summed E-state index contributed by atoms with van der Waals surface area (Å²) in [7, 11) is -3.84. The van der Waals surface area contributed by atoms with Gasteiger partial charge in [0.15, 0.2) is 0 Å². The molecule has 0 fully saturated rings. The Morgan fingerprint density at radius 3 is 2.55 bits per heavy atom. The molecule has 2 unspecified atom stereocenters. The summed E-state index contributed by atoms with van der Waals surface area (Å²) in [5.41, 5.74) is 2.34. The number of carbonyl (C=O) groups excluding carboxylic acids is 1. The molecule has 0 spiro atoms. The van der Waals surface area contributed by atoms with Gasteiger partial charge in [-0.2, -0.15) is 16.5 Å². The van der Waals surface area contributed by atoms with Gasteiger partial charge < -0.3 is 5.32 Å². The lowest BCUT2D eigenvalue weighted by molar-refractivity contribution is -0.123. The van der Waals surface area contributed by atoms with Crippen molar-refractivity contribution in [2.24, 2.45) is 0 Å². The van der Waals surface area contributed by atoms with Crippen LogP contribution in [0.4, 0.5) is 0 Å². The average Bonchev–Trinajstić information content (AvgIpc) is 2.66. The van der Waals surface area contributed by atoms with E-state index in [4.69, 9.17) is 11.6 Å². The van der Waals surface area contributed by atoms with Crippen molar-refractivity contribution in [3.8, 4) is 0 Å². The first-order chi connectivity index (χ1) is 13.6. The molecule has 0 aliphatic heterocycles. The molecule has 2 atom stereocenters. The molecule has 29 heavy (non-hydrogen) atoms. The Morgan fingerprint density at radius 2 is 1.90 bits per heavy atom. The molecule has 0 saturated heterocycles. The first-order valence-corrected chi connectivity index (χ1v) is 12.5. The van der Waals surface area contributed by atoms with Gasteiger partial charge in [-0.1, -0.05) is 35.9 Å². The Balaban J connectivity index is 2.21. The van der Waals surface area contributed by atoms with Gasteiger partial charge in [0.05, 0.1) is 10.9 Å². The second-order valence-corrected chi connectivity index (χ2v) is 10.1. The molecule has 0 aliphatic rings. The minimum absolute atomic E-state index is 0.197. The zero-order valence-electron chi connectivity index (χ0n) is 17.0. The first-order valence-electron chi connectivity index (χ1n) is 9.28. The highest BCUT2D eigenvalue weighted by molar-refractivity contribution is 7.98. The van der Waals surface area contributed by atoms with E-state index in [1.807, 2.05) is 38.3 Å². The van der Waals surface area contributed by atoms with Gasteiger partial charge in [-0.25, -0.2) is 8.42 Å². The van der Waals surface area contributed by atoms with Crippen LogP contribution in [0.25, 0.3) is 0 Å². The van der Waals surface area contributed by atoms with E-state index in [9.17, 15) is 13.2 Å². The van der Waals surface area contributed by atoms with Crippen molar-refractivity contribution in [1.82, 2.24) is 10.0 Å². The number of rotatable bonds is 9. The van der Waals surface area contributed by atoms with Crippen LogP contribution >= 0.6 is 23.4 Å². The largest absolute Gasteiger partial charge is 0.348 e. The van der Waals surface area contributed by atoms with E-state index in [1.165, 1.54) is 0 Å². The number of thioether (sulfide) groups is 1. The summed E-state index contributed by atoms with van der Waals surface area (Å²) in [6, 6.07) is 11.3. The first kappa shape index (κ1) is 23.7. The zero-order valence-corrected chi connectivity index (χ0v) is 19.4.